The predicted molar refractivity (Wildman–Crippen MR) is 346 cm³/mol. The van der Waals surface area contributed by atoms with Crippen molar-refractivity contribution in [3.05, 3.63) is 36.5 Å². The predicted octanol–water partition coefficient (Wildman–Crippen LogP) is 9.61. The maximum atomic E-state index is 13.3. The standard InChI is InChI=1S/C70H129NO18/c1-3-5-7-9-10-11-12-13-14-15-16-17-18-19-20-21-22-23-24-25-26-27-28-29-30-31-32-33-34-35-36-37-38-39-40-41-42-44-46-48-58(76)71-53(54(75)47-45-43-8-6-4-2)52-84-68-64(82)61(79)66(56(50-73)86-68)89-70-65(83)62(80)67(57(51-74)87-70)88-69-63(81)60(78)59(77)55(49-72)85-69/h12-13,15-16,18-19,53-57,59-70,72-75,77-83H,3-11,14,17,20-52H2,1-2H3,(H,71,76)/b13-12-,16-15-,19-18-. The van der Waals surface area contributed by atoms with Gasteiger partial charge in [0.2, 0.25) is 5.91 Å². The maximum Gasteiger partial charge on any atom is 0.220 e. The first-order valence-corrected chi connectivity index (χ1v) is 35.7. The second-order valence-electron chi connectivity index (χ2n) is 25.7. The summed E-state index contributed by atoms with van der Waals surface area (Å²) in [6.45, 7) is 1.68. The highest BCUT2D eigenvalue weighted by atomic mass is 16.8. The molecule has 17 atom stereocenters. The van der Waals surface area contributed by atoms with Crippen LogP contribution in [0.2, 0.25) is 0 Å². The monoisotopic (exact) mass is 1270 g/mol. The van der Waals surface area contributed by atoms with E-state index in [1.165, 1.54) is 173 Å². The third-order valence-corrected chi connectivity index (χ3v) is 18.0. The van der Waals surface area contributed by atoms with E-state index in [1.54, 1.807) is 0 Å². The molecule has 3 saturated heterocycles. The molecule has 3 fully saturated rings. The van der Waals surface area contributed by atoms with Gasteiger partial charge in [-0.1, -0.05) is 249 Å². The summed E-state index contributed by atoms with van der Waals surface area (Å²) in [6.07, 6.45) is 35.0. The molecule has 0 bridgehead atoms. The van der Waals surface area contributed by atoms with Gasteiger partial charge in [0.1, 0.15) is 73.2 Å². The molecular formula is C70H129NO18. The summed E-state index contributed by atoms with van der Waals surface area (Å²) in [6, 6.07) is -0.881. The number of hydrogen-bond acceptors (Lipinski definition) is 18. The van der Waals surface area contributed by atoms with Crippen LogP contribution in [-0.4, -0.2) is 193 Å². The molecule has 0 aromatic rings. The SMILES string of the molecule is CCCCCCC/C=C\C/C=C\C/C=C\CCCCCCCCCCCCCCCCCCCCCCCCCCC(=O)NC(COC1OC(CO)C(OC2OC(CO)C(OC3OC(CO)C(O)C(O)C3O)C(O)C2O)C(O)C1O)C(O)CCCCCCC. The van der Waals surface area contributed by atoms with E-state index in [1.807, 2.05) is 0 Å². The van der Waals surface area contributed by atoms with Crippen molar-refractivity contribution in [1.82, 2.24) is 5.32 Å². The Bertz CT molecular complexity index is 1760. The van der Waals surface area contributed by atoms with E-state index in [0.717, 1.165) is 64.2 Å². The molecule has 3 heterocycles. The molecule has 19 heteroatoms. The van der Waals surface area contributed by atoms with E-state index in [4.69, 9.17) is 28.4 Å². The second-order valence-corrected chi connectivity index (χ2v) is 25.7. The zero-order chi connectivity index (χ0) is 64.7. The average Bonchev–Trinajstić information content (AvgIpc) is 2.72. The van der Waals surface area contributed by atoms with Crippen molar-refractivity contribution in [3.63, 3.8) is 0 Å². The number of aliphatic hydroxyl groups excluding tert-OH is 11. The van der Waals surface area contributed by atoms with Crippen molar-refractivity contribution in [2.75, 3.05) is 26.4 Å². The zero-order valence-electron chi connectivity index (χ0n) is 55.2. The van der Waals surface area contributed by atoms with Crippen molar-refractivity contribution >= 4 is 5.91 Å². The average molecular weight is 1270 g/mol. The van der Waals surface area contributed by atoms with Crippen LogP contribution in [0.4, 0.5) is 0 Å². The number of carbonyl (C=O) groups is 1. The van der Waals surface area contributed by atoms with Crippen molar-refractivity contribution < 1.29 is 89.4 Å². The summed E-state index contributed by atoms with van der Waals surface area (Å²) in [5.74, 6) is -0.246. The first kappa shape index (κ1) is 81.2. The van der Waals surface area contributed by atoms with Crippen LogP contribution < -0.4 is 5.32 Å². The van der Waals surface area contributed by atoms with Gasteiger partial charge in [-0.25, -0.2) is 0 Å². The van der Waals surface area contributed by atoms with Crippen molar-refractivity contribution in [1.29, 1.82) is 0 Å². The third-order valence-electron chi connectivity index (χ3n) is 18.0. The van der Waals surface area contributed by atoms with Crippen LogP contribution in [0, 0.1) is 0 Å². The minimum Gasteiger partial charge on any atom is -0.394 e. The van der Waals surface area contributed by atoms with Crippen molar-refractivity contribution in [3.8, 4) is 0 Å². The van der Waals surface area contributed by atoms with Crippen molar-refractivity contribution in [2.24, 2.45) is 0 Å². The topological polar surface area (TPSA) is 307 Å². The Morgan fingerprint density at radius 2 is 0.742 bits per heavy atom. The number of allylic oxidation sites excluding steroid dienone is 6. The van der Waals surface area contributed by atoms with E-state index in [2.05, 4.69) is 55.6 Å². The van der Waals surface area contributed by atoms with Crippen LogP contribution >= 0.6 is 0 Å². The molecule has 19 nitrogen and oxygen atoms in total. The normalized spacial score (nSPS) is 28.4. The van der Waals surface area contributed by atoms with Gasteiger partial charge in [-0.3, -0.25) is 4.79 Å². The van der Waals surface area contributed by atoms with Gasteiger partial charge in [-0.2, -0.15) is 0 Å². The summed E-state index contributed by atoms with van der Waals surface area (Å²) in [7, 11) is 0. The molecule has 0 spiro atoms. The van der Waals surface area contributed by atoms with Crippen LogP contribution in [-0.2, 0) is 33.2 Å². The van der Waals surface area contributed by atoms with Crippen molar-refractivity contribution in [2.45, 2.75) is 375 Å². The molecule has 0 saturated carbocycles. The Kier molecular flexibility index (Phi) is 47.7. The molecule has 0 aromatic heterocycles. The molecule has 522 valence electrons. The molecule has 17 unspecified atom stereocenters. The number of rotatable bonds is 55. The lowest BCUT2D eigenvalue weighted by molar-refractivity contribution is -0.379. The smallest absolute Gasteiger partial charge is 0.220 e. The van der Waals surface area contributed by atoms with Crippen LogP contribution in [0.25, 0.3) is 0 Å². The molecule has 3 aliphatic heterocycles. The van der Waals surface area contributed by atoms with Gasteiger partial charge in [0, 0.05) is 6.42 Å². The molecule has 0 aliphatic carbocycles. The summed E-state index contributed by atoms with van der Waals surface area (Å²) in [5, 5.41) is 120. The van der Waals surface area contributed by atoms with E-state index in [9.17, 15) is 61.0 Å². The zero-order valence-corrected chi connectivity index (χ0v) is 55.2. The molecule has 89 heavy (non-hydrogen) atoms. The quantitative estimate of drug-likeness (QED) is 0.0199. The number of hydrogen-bond donors (Lipinski definition) is 12. The first-order chi connectivity index (χ1) is 43.3. The van der Waals surface area contributed by atoms with Crippen LogP contribution in [0.5, 0.6) is 0 Å². The number of amides is 1. The Morgan fingerprint density at radius 3 is 1.16 bits per heavy atom. The fourth-order valence-electron chi connectivity index (χ4n) is 12.1. The number of nitrogens with one attached hydrogen (secondary N) is 1. The van der Waals surface area contributed by atoms with Crippen LogP contribution in [0.3, 0.4) is 0 Å². The molecule has 0 radical (unpaired) electrons. The largest absolute Gasteiger partial charge is 0.394 e. The fourth-order valence-corrected chi connectivity index (χ4v) is 12.1. The highest BCUT2D eigenvalue weighted by molar-refractivity contribution is 5.76. The lowest BCUT2D eigenvalue weighted by Crippen LogP contribution is -2.66. The van der Waals surface area contributed by atoms with E-state index < -0.39 is 124 Å². The first-order valence-electron chi connectivity index (χ1n) is 35.7. The van der Waals surface area contributed by atoms with Gasteiger partial charge < -0.3 is 89.9 Å². The van der Waals surface area contributed by atoms with Gasteiger partial charge in [-0.15, -0.1) is 0 Å². The van der Waals surface area contributed by atoms with Crippen LogP contribution in [0.15, 0.2) is 36.5 Å². The van der Waals surface area contributed by atoms with Gasteiger partial charge in [0.05, 0.1) is 38.6 Å². The number of carbonyl (C=O) groups excluding carboxylic acids is 1. The lowest BCUT2D eigenvalue weighted by atomic mass is 9.96. The van der Waals surface area contributed by atoms with Gasteiger partial charge in [-0.05, 0) is 51.4 Å². The maximum absolute atomic E-state index is 13.3. The number of ether oxygens (including phenoxy) is 6. The van der Waals surface area contributed by atoms with E-state index in [-0.39, 0.29) is 18.9 Å². The molecule has 12 N–H and O–H groups in total. The molecule has 3 rings (SSSR count). The molecule has 1 amide bonds. The summed E-state index contributed by atoms with van der Waals surface area (Å²) in [5.41, 5.74) is 0. The second kappa shape index (κ2) is 52.3. The van der Waals surface area contributed by atoms with Gasteiger partial charge >= 0.3 is 0 Å². The third kappa shape index (κ3) is 34.3. The summed E-state index contributed by atoms with van der Waals surface area (Å²) >= 11 is 0. The Labute approximate surface area is 536 Å². The summed E-state index contributed by atoms with van der Waals surface area (Å²) in [4.78, 5) is 13.3. The lowest BCUT2D eigenvalue weighted by Gasteiger charge is -2.48. The van der Waals surface area contributed by atoms with Gasteiger partial charge in [0.25, 0.3) is 0 Å². The number of aliphatic hydroxyl groups is 11. The van der Waals surface area contributed by atoms with E-state index >= 15 is 0 Å². The van der Waals surface area contributed by atoms with Crippen LogP contribution in [0.1, 0.15) is 271 Å². The minimum absolute atomic E-state index is 0.246. The van der Waals surface area contributed by atoms with Gasteiger partial charge in [0.15, 0.2) is 18.9 Å². The molecule has 0 aromatic carbocycles. The minimum atomic E-state index is -1.97. The highest BCUT2D eigenvalue weighted by Gasteiger charge is 2.53. The molecule has 3 aliphatic rings. The van der Waals surface area contributed by atoms with E-state index in [0.29, 0.717) is 12.8 Å². The number of unbranched alkanes of at least 4 members (excludes halogenated alkanes) is 33. The molecular weight excluding hydrogens is 1140 g/mol. The Balaban J connectivity index is 1.21. The Morgan fingerprint density at radius 1 is 0.404 bits per heavy atom. The summed E-state index contributed by atoms with van der Waals surface area (Å²) < 4.78 is 34.2. The highest BCUT2D eigenvalue weighted by Crippen LogP contribution is 2.33. The fraction of sp³-hybridized carbons (Fsp3) is 0.900. The Hall–Kier alpha value is -1.99.